The molecule has 3 N–H and O–H groups in total. The molecule has 0 aliphatic carbocycles. The molecule has 0 saturated carbocycles. The van der Waals surface area contributed by atoms with E-state index in [4.69, 9.17) is 5.14 Å². The predicted molar refractivity (Wildman–Crippen MR) is 77.3 cm³/mol. The summed E-state index contributed by atoms with van der Waals surface area (Å²) >= 11 is 3.03. The molecule has 0 spiro atoms. The summed E-state index contributed by atoms with van der Waals surface area (Å²) in [4.78, 5) is 11.2. The second-order valence-electron chi connectivity index (χ2n) is 4.75. The van der Waals surface area contributed by atoms with Crippen molar-refractivity contribution in [3.05, 3.63) is 28.0 Å². The van der Waals surface area contributed by atoms with E-state index in [1.165, 1.54) is 0 Å². The van der Waals surface area contributed by atoms with Gasteiger partial charge in [-0.25, -0.2) is 17.9 Å². The zero-order valence-corrected chi connectivity index (χ0v) is 13.5. The number of hydrogen-bond acceptors (Lipinski definition) is 3. The highest BCUT2D eigenvalue weighted by Crippen LogP contribution is 2.23. The molecule has 0 bridgehead atoms. The summed E-state index contributed by atoms with van der Waals surface area (Å²) in [5.74, 6) is -1.06. The molecule has 0 aromatic heterocycles. The minimum atomic E-state index is -4.22. The van der Waals surface area contributed by atoms with Crippen LogP contribution in [-0.4, -0.2) is 20.9 Å². The third-order valence-corrected chi connectivity index (χ3v) is 4.16. The molecule has 8 heteroatoms. The van der Waals surface area contributed by atoms with Gasteiger partial charge in [-0.1, -0.05) is 13.8 Å². The number of nitrogens with two attached hydrogens (primary N) is 1. The molecule has 0 atom stereocenters. The minimum Gasteiger partial charge on any atom is -0.352 e. The van der Waals surface area contributed by atoms with Gasteiger partial charge in [-0.3, -0.25) is 4.79 Å². The van der Waals surface area contributed by atoms with Crippen molar-refractivity contribution in [1.29, 1.82) is 0 Å². The molecular formula is C12H16BrFN2O3S. The van der Waals surface area contributed by atoms with Gasteiger partial charge in [0.25, 0.3) is 5.91 Å². The lowest BCUT2D eigenvalue weighted by molar-refractivity contribution is 0.0951. The van der Waals surface area contributed by atoms with E-state index in [2.05, 4.69) is 21.2 Å². The number of nitrogens with one attached hydrogen (secondary N) is 1. The molecule has 0 unspecified atom stereocenters. The van der Waals surface area contributed by atoms with Crippen LogP contribution in [0.15, 0.2) is 21.5 Å². The van der Waals surface area contributed by atoms with Crippen molar-refractivity contribution in [3.8, 4) is 0 Å². The summed E-state index contributed by atoms with van der Waals surface area (Å²) < 4.78 is 36.2. The van der Waals surface area contributed by atoms with Crippen LogP contribution in [0, 0.1) is 11.7 Å². The van der Waals surface area contributed by atoms with Crippen molar-refractivity contribution in [3.63, 3.8) is 0 Å². The Balaban J connectivity index is 3.04. The molecule has 5 nitrogen and oxygen atoms in total. The zero-order valence-electron chi connectivity index (χ0n) is 11.1. The van der Waals surface area contributed by atoms with E-state index in [9.17, 15) is 17.6 Å². The second-order valence-corrected chi connectivity index (χ2v) is 7.13. The quantitative estimate of drug-likeness (QED) is 0.834. The molecule has 1 aromatic carbocycles. The van der Waals surface area contributed by atoms with E-state index in [1.54, 1.807) is 0 Å². The van der Waals surface area contributed by atoms with E-state index >= 15 is 0 Å². The van der Waals surface area contributed by atoms with Crippen LogP contribution in [-0.2, 0) is 10.0 Å². The van der Waals surface area contributed by atoms with Crippen LogP contribution in [0.4, 0.5) is 4.39 Å². The number of carbonyl (C=O) groups excluding carboxylic acids is 1. The third kappa shape index (κ3) is 4.53. The molecule has 0 fully saturated rings. The van der Waals surface area contributed by atoms with E-state index in [0.717, 1.165) is 18.6 Å². The van der Waals surface area contributed by atoms with E-state index in [0.29, 0.717) is 12.5 Å². The molecule has 0 aliphatic heterocycles. The normalized spacial score (nSPS) is 11.7. The summed E-state index contributed by atoms with van der Waals surface area (Å²) in [5, 5.41) is 7.54. The smallest absolute Gasteiger partial charge is 0.252 e. The van der Waals surface area contributed by atoms with Crippen LogP contribution in [0.2, 0.25) is 0 Å². The number of rotatable bonds is 5. The second kappa shape index (κ2) is 6.64. The van der Waals surface area contributed by atoms with E-state index < -0.39 is 26.6 Å². The van der Waals surface area contributed by atoms with Crippen LogP contribution >= 0.6 is 15.9 Å². The van der Waals surface area contributed by atoms with Crippen molar-refractivity contribution < 1.29 is 17.6 Å². The topological polar surface area (TPSA) is 89.3 Å². The molecule has 0 aliphatic rings. The predicted octanol–water partition coefficient (Wildman–Crippen LogP) is 2.01. The van der Waals surface area contributed by atoms with Crippen LogP contribution in [0.1, 0.15) is 30.6 Å². The first kappa shape index (κ1) is 17.1. The average molecular weight is 367 g/mol. The fourth-order valence-corrected chi connectivity index (χ4v) is 2.60. The fraction of sp³-hybridized carbons (Fsp3) is 0.417. The summed E-state index contributed by atoms with van der Waals surface area (Å²) in [6.07, 6.45) is 0.784. The number of primary sulfonamides is 1. The highest BCUT2D eigenvalue weighted by molar-refractivity contribution is 9.10. The maximum atomic E-state index is 13.5. The molecule has 0 saturated heterocycles. The van der Waals surface area contributed by atoms with Gasteiger partial charge in [0.1, 0.15) is 10.7 Å². The fourth-order valence-electron chi connectivity index (χ4n) is 1.49. The van der Waals surface area contributed by atoms with Gasteiger partial charge < -0.3 is 5.32 Å². The van der Waals surface area contributed by atoms with Crippen molar-refractivity contribution in [2.24, 2.45) is 11.1 Å². The Morgan fingerprint density at radius 3 is 2.55 bits per heavy atom. The Morgan fingerprint density at radius 1 is 1.45 bits per heavy atom. The Bertz CT molecular complexity index is 617. The highest BCUT2D eigenvalue weighted by atomic mass is 79.9. The first-order valence-corrected chi connectivity index (χ1v) is 8.27. The molecule has 112 valence electrons. The lowest BCUT2D eigenvalue weighted by Crippen LogP contribution is -2.26. The largest absolute Gasteiger partial charge is 0.352 e. The van der Waals surface area contributed by atoms with Crippen molar-refractivity contribution >= 4 is 31.9 Å². The van der Waals surface area contributed by atoms with Crippen molar-refractivity contribution in [2.75, 3.05) is 6.54 Å². The maximum Gasteiger partial charge on any atom is 0.252 e. The number of carbonyl (C=O) groups is 1. The zero-order chi connectivity index (χ0) is 15.5. The molecule has 20 heavy (non-hydrogen) atoms. The molecule has 1 aromatic rings. The van der Waals surface area contributed by atoms with Crippen molar-refractivity contribution in [1.82, 2.24) is 5.32 Å². The maximum absolute atomic E-state index is 13.5. The Kier molecular flexibility index (Phi) is 5.67. The number of benzene rings is 1. The van der Waals surface area contributed by atoms with Crippen LogP contribution in [0.25, 0.3) is 0 Å². The lowest BCUT2D eigenvalue weighted by Gasteiger charge is -2.10. The third-order valence-electron chi connectivity index (χ3n) is 2.58. The summed E-state index contributed by atoms with van der Waals surface area (Å²) in [6, 6.07) is 1.84. The Hall–Kier alpha value is -0.990. The first-order valence-electron chi connectivity index (χ1n) is 5.93. The summed E-state index contributed by atoms with van der Waals surface area (Å²) in [7, 11) is -4.22. The van der Waals surface area contributed by atoms with E-state index in [1.807, 2.05) is 13.8 Å². The van der Waals surface area contributed by atoms with Crippen LogP contribution < -0.4 is 10.5 Å². The molecule has 1 amide bonds. The number of amides is 1. The van der Waals surface area contributed by atoms with Gasteiger partial charge in [0.2, 0.25) is 10.0 Å². The van der Waals surface area contributed by atoms with E-state index in [-0.39, 0.29) is 10.0 Å². The number of hydrogen-bond donors (Lipinski definition) is 2. The van der Waals surface area contributed by atoms with Gasteiger partial charge in [-0.2, -0.15) is 0 Å². The monoisotopic (exact) mass is 366 g/mol. The van der Waals surface area contributed by atoms with Gasteiger partial charge in [0.05, 0.1) is 5.56 Å². The van der Waals surface area contributed by atoms with Gasteiger partial charge in [0.15, 0.2) is 0 Å². The van der Waals surface area contributed by atoms with Gasteiger partial charge in [-0.05, 0) is 40.4 Å². The molecule has 0 heterocycles. The number of halogens is 2. The SMILES string of the molecule is CC(C)CCNC(=O)c1cc(S(N)(=O)=O)c(F)cc1Br. The van der Waals surface area contributed by atoms with Gasteiger partial charge in [-0.15, -0.1) is 0 Å². The summed E-state index contributed by atoms with van der Waals surface area (Å²) in [5.41, 5.74) is 0.0270. The summed E-state index contributed by atoms with van der Waals surface area (Å²) in [6.45, 7) is 4.48. The van der Waals surface area contributed by atoms with Crippen molar-refractivity contribution in [2.45, 2.75) is 25.2 Å². The molecule has 0 radical (unpaired) electrons. The van der Waals surface area contributed by atoms with Gasteiger partial charge >= 0.3 is 0 Å². The van der Waals surface area contributed by atoms with Crippen LogP contribution in [0.5, 0.6) is 0 Å². The standard InChI is InChI=1S/C12H16BrFN2O3S/c1-7(2)3-4-16-12(17)8-5-11(20(15,18)19)10(14)6-9(8)13/h5-7H,3-4H2,1-2H3,(H,16,17)(H2,15,18,19). The Labute approximate surface area is 125 Å². The van der Waals surface area contributed by atoms with Gasteiger partial charge in [0, 0.05) is 11.0 Å². The minimum absolute atomic E-state index is 0.0270. The average Bonchev–Trinajstić information content (AvgIpc) is 2.26. The highest BCUT2D eigenvalue weighted by Gasteiger charge is 2.20. The molecule has 1 rings (SSSR count). The first-order chi connectivity index (χ1) is 9.12. The van der Waals surface area contributed by atoms with Crippen LogP contribution in [0.3, 0.4) is 0 Å². The lowest BCUT2D eigenvalue weighted by atomic mass is 10.1. The molecular weight excluding hydrogens is 351 g/mol. The number of sulfonamides is 1. The Morgan fingerprint density at radius 2 is 2.05 bits per heavy atom.